The summed E-state index contributed by atoms with van der Waals surface area (Å²) in [7, 11) is 4.07. The molecule has 3 heteroatoms. The molecule has 1 aromatic rings. The minimum absolute atomic E-state index is 0.0383. The summed E-state index contributed by atoms with van der Waals surface area (Å²) in [5.41, 5.74) is 1.13. The first-order valence-electron chi connectivity index (χ1n) is 4.01. The van der Waals surface area contributed by atoms with E-state index in [1.165, 1.54) is 5.56 Å². The molecule has 0 spiro atoms. The van der Waals surface area contributed by atoms with Crippen molar-refractivity contribution in [2.24, 2.45) is 0 Å². The molecule has 12 heavy (non-hydrogen) atoms. The number of H-pyrrole nitrogens is 1. The largest absolute Gasteiger partial charge is 0.329 e. The molecule has 0 saturated carbocycles. The van der Waals surface area contributed by atoms with Gasteiger partial charge in [0.1, 0.15) is 0 Å². The second-order valence-electron chi connectivity index (χ2n) is 3.11. The molecule has 1 aromatic heterocycles. The Morgan fingerprint density at radius 3 is 2.67 bits per heavy atom. The number of nitrogens with one attached hydrogen (secondary N) is 1. The van der Waals surface area contributed by atoms with Crippen LogP contribution < -0.4 is 5.56 Å². The van der Waals surface area contributed by atoms with E-state index < -0.39 is 0 Å². The van der Waals surface area contributed by atoms with Crippen LogP contribution in [0.4, 0.5) is 0 Å². The van der Waals surface area contributed by atoms with Crippen LogP contribution in [-0.4, -0.2) is 30.5 Å². The van der Waals surface area contributed by atoms with Crippen molar-refractivity contribution in [1.82, 2.24) is 9.88 Å². The van der Waals surface area contributed by atoms with Crippen LogP contribution in [0.25, 0.3) is 0 Å². The molecule has 0 saturated heterocycles. The average molecular weight is 166 g/mol. The third-order valence-electron chi connectivity index (χ3n) is 1.70. The van der Waals surface area contributed by atoms with Gasteiger partial charge in [-0.15, -0.1) is 0 Å². The van der Waals surface area contributed by atoms with Crippen molar-refractivity contribution in [3.05, 3.63) is 34.2 Å². The molecule has 1 rings (SSSR count). The molecule has 3 nitrogen and oxygen atoms in total. The average Bonchev–Trinajstić information content (AvgIpc) is 2.03. The highest BCUT2D eigenvalue weighted by molar-refractivity contribution is 5.08. The maximum Gasteiger partial charge on any atom is 0.247 e. The van der Waals surface area contributed by atoms with Crippen molar-refractivity contribution in [3.8, 4) is 0 Å². The van der Waals surface area contributed by atoms with Gasteiger partial charge in [-0.1, -0.05) is 6.07 Å². The van der Waals surface area contributed by atoms with Crippen LogP contribution in [0.5, 0.6) is 0 Å². The summed E-state index contributed by atoms with van der Waals surface area (Å²) in [6, 6.07) is 3.42. The van der Waals surface area contributed by atoms with Gasteiger partial charge in [0, 0.05) is 18.8 Å². The highest BCUT2D eigenvalue weighted by atomic mass is 16.1. The number of hydrogen-bond donors (Lipinski definition) is 1. The lowest BCUT2D eigenvalue weighted by molar-refractivity contribution is 0.413. The molecule has 0 aliphatic carbocycles. The lowest BCUT2D eigenvalue weighted by atomic mass is 10.2. The molecule has 0 aromatic carbocycles. The predicted octanol–water partition coefficient (Wildman–Crippen LogP) is 0.479. The van der Waals surface area contributed by atoms with Crippen LogP contribution in [0.3, 0.4) is 0 Å². The van der Waals surface area contributed by atoms with Gasteiger partial charge in [-0.25, -0.2) is 0 Å². The molecule has 0 amide bonds. The topological polar surface area (TPSA) is 36.1 Å². The Morgan fingerprint density at radius 2 is 2.17 bits per heavy atom. The van der Waals surface area contributed by atoms with Crippen LogP contribution >= 0.6 is 0 Å². The van der Waals surface area contributed by atoms with Crippen LogP contribution in [0.15, 0.2) is 23.1 Å². The van der Waals surface area contributed by atoms with Crippen molar-refractivity contribution >= 4 is 0 Å². The molecule has 1 heterocycles. The van der Waals surface area contributed by atoms with E-state index in [1.807, 2.05) is 20.2 Å². The van der Waals surface area contributed by atoms with E-state index in [1.54, 1.807) is 12.3 Å². The van der Waals surface area contributed by atoms with Gasteiger partial charge in [0.2, 0.25) is 5.56 Å². The monoisotopic (exact) mass is 166 g/mol. The van der Waals surface area contributed by atoms with Crippen LogP contribution in [-0.2, 0) is 6.42 Å². The summed E-state index contributed by atoms with van der Waals surface area (Å²) >= 11 is 0. The maximum atomic E-state index is 10.7. The Labute approximate surface area is 72.0 Å². The number of rotatable bonds is 3. The van der Waals surface area contributed by atoms with E-state index in [2.05, 4.69) is 9.88 Å². The van der Waals surface area contributed by atoms with Crippen LogP contribution in [0, 0.1) is 0 Å². The van der Waals surface area contributed by atoms with E-state index in [0.29, 0.717) is 0 Å². The van der Waals surface area contributed by atoms with E-state index in [-0.39, 0.29) is 5.56 Å². The molecular weight excluding hydrogens is 152 g/mol. The zero-order valence-corrected chi connectivity index (χ0v) is 7.50. The molecule has 66 valence electrons. The predicted molar refractivity (Wildman–Crippen MR) is 49.3 cm³/mol. The number of pyridine rings is 1. The van der Waals surface area contributed by atoms with Gasteiger partial charge in [0.25, 0.3) is 0 Å². The number of hydrogen-bond acceptors (Lipinski definition) is 2. The zero-order valence-electron chi connectivity index (χ0n) is 7.50. The molecule has 0 atom stereocenters. The number of nitrogens with zero attached hydrogens (tertiary/aromatic N) is 1. The molecule has 1 N–H and O–H groups in total. The Morgan fingerprint density at radius 1 is 1.42 bits per heavy atom. The Balaban J connectivity index is 2.53. The highest BCUT2D eigenvalue weighted by Crippen LogP contribution is 1.94. The highest BCUT2D eigenvalue weighted by Gasteiger charge is 1.93. The van der Waals surface area contributed by atoms with Gasteiger partial charge in [0.15, 0.2) is 0 Å². The fourth-order valence-electron chi connectivity index (χ4n) is 0.951. The smallest absolute Gasteiger partial charge is 0.247 e. The van der Waals surface area contributed by atoms with Crippen molar-refractivity contribution < 1.29 is 0 Å². The Kier molecular flexibility index (Phi) is 3.05. The van der Waals surface area contributed by atoms with Gasteiger partial charge < -0.3 is 9.88 Å². The first kappa shape index (κ1) is 9.00. The number of aromatic nitrogens is 1. The number of aromatic amines is 1. The molecule has 0 radical (unpaired) electrons. The summed E-state index contributed by atoms with van der Waals surface area (Å²) in [6.07, 6.45) is 2.75. The minimum atomic E-state index is -0.0383. The van der Waals surface area contributed by atoms with Gasteiger partial charge >= 0.3 is 0 Å². The lowest BCUT2D eigenvalue weighted by Crippen LogP contribution is -2.15. The van der Waals surface area contributed by atoms with E-state index in [4.69, 9.17) is 0 Å². The first-order chi connectivity index (χ1) is 5.68. The minimum Gasteiger partial charge on any atom is -0.329 e. The standard InChI is InChI=1S/C9H14N2O/c1-11(2)6-5-8-3-4-9(12)10-7-8/h3-4,7H,5-6H2,1-2H3,(H,10,12). The zero-order chi connectivity index (χ0) is 8.97. The quantitative estimate of drug-likeness (QED) is 0.709. The lowest BCUT2D eigenvalue weighted by Gasteiger charge is -2.08. The SMILES string of the molecule is CN(C)CCc1ccc(=O)[nH]c1. The summed E-state index contributed by atoms with van der Waals surface area (Å²) in [4.78, 5) is 15.5. The third kappa shape index (κ3) is 2.88. The molecular formula is C9H14N2O. The van der Waals surface area contributed by atoms with Crippen molar-refractivity contribution in [1.29, 1.82) is 0 Å². The molecule has 0 unspecified atom stereocenters. The third-order valence-corrected chi connectivity index (χ3v) is 1.70. The second-order valence-corrected chi connectivity index (χ2v) is 3.11. The summed E-state index contributed by atoms with van der Waals surface area (Å²) in [5, 5.41) is 0. The fourth-order valence-corrected chi connectivity index (χ4v) is 0.951. The van der Waals surface area contributed by atoms with E-state index in [9.17, 15) is 4.79 Å². The molecule has 0 aliphatic heterocycles. The Bertz CT molecular complexity index is 270. The van der Waals surface area contributed by atoms with Crippen LogP contribution in [0.1, 0.15) is 5.56 Å². The van der Waals surface area contributed by atoms with Crippen LogP contribution in [0.2, 0.25) is 0 Å². The van der Waals surface area contributed by atoms with Gasteiger partial charge in [0.05, 0.1) is 0 Å². The number of likely N-dealkylation sites (N-methyl/N-ethyl adjacent to an activating group) is 1. The maximum absolute atomic E-state index is 10.7. The molecule has 0 bridgehead atoms. The van der Waals surface area contributed by atoms with Gasteiger partial charge in [-0.3, -0.25) is 4.79 Å². The second kappa shape index (κ2) is 4.07. The molecule has 0 fully saturated rings. The fraction of sp³-hybridized carbons (Fsp3) is 0.444. The molecule has 0 aliphatic rings. The van der Waals surface area contributed by atoms with Crippen molar-refractivity contribution in [2.45, 2.75) is 6.42 Å². The van der Waals surface area contributed by atoms with Crippen molar-refractivity contribution in [2.75, 3.05) is 20.6 Å². The van der Waals surface area contributed by atoms with Crippen molar-refractivity contribution in [3.63, 3.8) is 0 Å². The summed E-state index contributed by atoms with van der Waals surface area (Å²) < 4.78 is 0. The Hall–Kier alpha value is -1.09. The van der Waals surface area contributed by atoms with E-state index in [0.717, 1.165) is 13.0 Å². The normalized spacial score (nSPS) is 10.6. The van der Waals surface area contributed by atoms with E-state index >= 15 is 0 Å². The first-order valence-corrected chi connectivity index (χ1v) is 4.01. The summed E-state index contributed by atoms with van der Waals surface area (Å²) in [5.74, 6) is 0. The summed E-state index contributed by atoms with van der Waals surface area (Å²) in [6.45, 7) is 1.01. The van der Waals surface area contributed by atoms with Gasteiger partial charge in [-0.2, -0.15) is 0 Å². The van der Waals surface area contributed by atoms with Gasteiger partial charge in [-0.05, 0) is 26.1 Å².